The highest BCUT2D eigenvalue weighted by Gasteiger charge is 2.09. The highest BCUT2D eigenvalue weighted by Crippen LogP contribution is 2.27. The molecule has 4 heteroatoms. The summed E-state index contributed by atoms with van der Waals surface area (Å²) >= 11 is 0. The Morgan fingerprint density at radius 1 is 0.824 bits per heavy atom. The Morgan fingerprint density at radius 2 is 1.65 bits per heavy atom. The van der Waals surface area contributed by atoms with Crippen molar-refractivity contribution in [1.82, 2.24) is 15.0 Å². The monoisotopic (exact) mass is 222 g/mol. The molecule has 0 amide bonds. The van der Waals surface area contributed by atoms with Crippen molar-refractivity contribution in [3.05, 3.63) is 48.9 Å². The van der Waals surface area contributed by atoms with Crippen molar-refractivity contribution in [1.29, 1.82) is 0 Å². The quantitative estimate of drug-likeness (QED) is 0.686. The lowest BCUT2D eigenvalue weighted by atomic mass is 10.1. The van der Waals surface area contributed by atoms with Gasteiger partial charge in [-0.15, -0.1) is 0 Å². The Labute approximate surface area is 98.2 Å². The third kappa shape index (κ3) is 1.59. The van der Waals surface area contributed by atoms with Crippen molar-refractivity contribution in [3.63, 3.8) is 0 Å². The maximum Gasteiger partial charge on any atom is 0.150 e. The van der Waals surface area contributed by atoms with Gasteiger partial charge in [0.15, 0.2) is 0 Å². The van der Waals surface area contributed by atoms with Gasteiger partial charge in [0.2, 0.25) is 0 Å². The van der Waals surface area contributed by atoms with Gasteiger partial charge >= 0.3 is 0 Å². The maximum absolute atomic E-state index is 5.84. The smallest absolute Gasteiger partial charge is 0.150 e. The second-order valence-corrected chi connectivity index (χ2v) is 3.67. The number of rotatable bonds is 1. The fourth-order valence-corrected chi connectivity index (χ4v) is 1.85. The number of hydrogen-bond donors (Lipinski definition) is 1. The van der Waals surface area contributed by atoms with Gasteiger partial charge in [-0.1, -0.05) is 24.3 Å². The Kier molecular flexibility index (Phi) is 2.19. The van der Waals surface area contributed by atoms with E-state index >= 15 is 0 Å². The number of anilines is 1. The molecule has 82 valence electrons. The molecule has 0 spiro atoms. The van der Waals surface area contributed by atoms with Crippen LogP contribution in [0.4, 0.5) is 5.82 Å². The summed E-state index contributed by atoms with van der Waals surface area (Å²) in [5, 5.41) is 1.06. The summed E-state index contributed by atoms with van der Waals surface area (Å²) in [7, 11) is 0. The Hall–Kier alpha value is -2.49. The topological polar surface area (TPSA) is 64.7 Å². The largest absolute Gasteiger partial charge is 0.382 e. The van der Waals surface area contributed by atoms with Crippen LogP contribution in [0.25, 0.3) is 22.2 Å². The van der Waals surface area contributed by atoms with E-state index in [1.807, 2.05) is 30.3 Å². The van der Waals surface area contributed by atoms with Crippen LogP contribution in [0.1, 0.15) is 0 Å². The van der Waals surface area contributed by atoms with E-state index in [1.165, 1.54) is 0 Å². The van der Waals surface area contributed by atoms with Crippen molar-refractivity contribution in [2.24, 2.45) is 0 Å². The van der Waals surface area contributed by atoms with Crippen LogP contribution in [0, 0.1) is 0 Å². The molecule has 0 atom stereocenters. The predicted molar refractivity (Wildman–Crippen MR) is 67.2 cm³/mol. The molecule has 4 nitrogen and oxygen atoms in total. The summed E-state index contributed by atoms with van der Waals surface area (Å²) in [4.78, 5) is 12.7. The first-order valence-corrected chi connectivity index (χ1v) is 5.27. The number of pyridine rings is 1. The van der Waals surface area contributed by atoms with Gasteiger partial charge in [0.05, 0.1) is 5.52 Å². The molecule has 0 saturated carbocycles. The zero-order chi connectivity index (χ0) is 11.7. The average Bonchev–Trinajstić information content (AvgIpc) is 2.39. The van der Waals surface area contributed by atoms with Crippen LogP contribution in [0.3, 0.4) is 0 Å². The zero-order valence-electron chi connectivity index (χ0n) is 9.04. The first-order valence-electron chi connectivity index (χ1n) is 5.27. The SMILES string of the molecule is Nc1nccnc1-c1cccc2cccnc12. The van der Waals surface area contributed by atoms with Crippen LogP contribution in [-0.4, -0.2) is 15.0 Å². The van der Waals surface area contributed by atoms with Crippen LogP contribution < -0.4 is 5.73 Å². The number of nitrogens with zero attached hydrogens (tertiary/aromatic N) is 3. The molecule has 0 radical (unpaired) electrons. The van der Waals surface area contributed by atoms with E-state index in [4.69, 9.17) is 5.73 Å². The molecule has 0 fully saturated rings. The normalized spacial score (nSPS) is 10.6. The first-order chi connectivity index (χ1) is 8.36. The minimum Gasteiger partial charge on any atom is -0.382 e. The highest BCUT2D eigenvalue weighted by molar-refractivity contribution is 5.94. The lowest BCUT2D eigenvalue weighted by Gasteiger charge is -2.06. The fourth-order valence-electron chi connectivity index (χ4n) is 1.85. The summed E-state index contributed by atoms with van der Waals surface area (Å²) < 4.78 is 0. The van der Waals surface area contributed by atoms with E-state index < -0.39 is 0 Å². The average molecular weight is 222 g/mol. The molecule has 1 aromatic carbocycles. The van der Waals surface area contributed by atoms with Gasteiger partial charge in [-0.2, -0.15) is 0 Å². The number of nitrogens with two attached hydrogens (primary N) is 1. The molecule has 0 bridgehead atoms. The minimum absolute atomic E-state index is 0.422. The van der Waals surface area contributed by atoms with E-state index in [1.54, 1.807) is 18.6 Å². The summed E-state index contributed by atoms with van der Waals surface area (Å²) in [5.74, 6) is 0.422. The standard InChI is InChI=1S/C13H10N4/c14-13-12(16-7-8-17-13)10-5-1-3-9-4-2-6-15-11(9)10/h1-8H,(H2,14,17). The van der Waals surface area contributed by atoms with Gasteiger partial charge in [0, 0.05) is 29.5 Å². The van der Waals surface area contributed by atoms with Gasteiger partial charge in [-0.3, -0.25) is 9.97 Å². The summed E-state index contributed by atoms with van der Waals surface area (Å²) in [6.07, 6.45) is 4.98. The highest BCUT2D eigenvalue weighted by atomic mass is 14.9. The molecule has 0 aliphatic carbocycles. The molecule has 0 aliphatic heterocycles. The molecule has 3 rings (SSSR count). The Morgan fingerprint density at radius 3 is 2.53 bits per heavy atom. The molecule has 0 saturated heterocycles. The lowest BCUT2D eigenvalue weighted by molar-refractivity contribution is 1.21. The van der Waals surface area contributed by atoms with Crippen molar-refractivity contribution in [2.45, 2.75) is 0 Å². The minimum atomic E-state index is 0.422. The van der Waals surface area contributed by atoms with Gasteiger partial charge < -0.3 is 5.73 Å². The van der Waals surface area contributed by atoms with Crippen LogP contribution in [0.2, 0.25) is 0 Å². The van der Waals surface area contributed by atoms with E-state index in [0.717, 1.165) is 16.5 Å². The molecule has 2 aromatic heterocycles. The van der Waals surface area contributed by atoms with Crippen molar-refractivity contribution in [3.8, 4) is 11.3 Å². The number of fused-ring (bicyclic) bond motifs is 1. The molecular formula is C13H10N4. The van der Waals surface area contributed by atoms with Crippen LogP contribution in [0.5, 0.6) is 0 Å². The number of hydrogen-bond acceptors (Lipinski definition) is 4. The Bertz CT molecular complexity index is 674. The van der Waals surface area contributed by atoms with E-state index in [9.17, 15) is 0 Å². The second-order valence-electron chi connectivity index (χ2n) is 3.67. The number of nitrogen functional groups attached to an aromatic ring is 1. The van der Waals surface area contributed by atoms with Crippen molar-refractivity contribution >= 4 is 16.7 Å². The van der Waals surface area contributed by atoms with Gasteiger partial charge in [-0.25, -0.2) is 4.98 Å². The van der Waals surface area contributed by atoms with E-state index in [-0.39, 0.29) is 0 Å². The van der Waals surface area contributed by atoms with Crippen LogP contribution >= 0.6 is 0 Å². The van der Waals surface area contributed by atoms with Crippen LogP contribution in [-0.2, 0) is 0 Å². The van der Waals surface area contributed by atoms with E-state index in [2.05, 4.69) is 15.0 Å². The molecule has 0 unspecified atom stereocenters. The van der Waals surface area contributed by atoms with E-state index in [0.29, 0.717) is 11.5 Å². The number of para-hydroxylation sites is 1. The third-order valence-corrected chi connectivity index (χ3v) is 2.61. The van der Waals surface area contributed by atoms with Gasteiger partial charge in [-0.05, 0) is 6.07 Å². The van der Waals surface area contributed by atoms with Crippen LogP contribution in [0.15, 0.2) is 48.9 Å². The van der Waals surface area contributed by atoms with Gasteiger partial charge in [0.1, 0.15) is 11.5 Å². The predicted octanol–water partition coefficient (Wildman–Crippen LogP) is 2.27. The molecule has 2 N–H and O–H groups in total. The first kappa shape index (κ1) is 9.72. The summed E-state index contributed by atoms with van der Waals surface area (Å²) in [6, 6.07) is 9.85. The number of benzene rings is 1. The lowest BCUT2D eigenvalue weighted by Crippen LogP contribution is -1.97. The van der Waals surface area contributed by atoms with Crippen molar-refractivity contribution < 1.29 is 0 Å². The Balaban J connectivity index is 2.35. The molecule has 17 heavy (non-hydrogen) atoms. The third-order valence-electron chi connectivity index (χ3n) is 2.61. The summed E-state index contributed by atoms with van der Waals surface area (Å²) in [5.41, 5.74) is 8.32. The number of aromatic nitrogens is 3. The van der Waals surface area contributed by atoms with Gasteiger partial charge in [0.25, 0.3) is 0 Å². The fraction of sp³-hybridized carbons (Fsp3) is 0. The molecule has 0 aliphatic rings. The maximum atomic E-state index is 5.84. The zero-order valence-corrected chi connectivity index (χ0v) is 9.04. The molecule has 2 heterocycles. The second kappa shape index (κ2) is 3.83. The van der Waals surface area contributed by atoms with Crippen molar-refractivity contribution in [2.75, 3.05) is 5.73 Å². The summed E-state index contributed by atoms with van der Waals surface area (Å²) in [6.45, 7) is 0. The molecular weight excluding hydrogens is 212 g/mol. The molecule has 3 aromatic rings.